The molecule has 2 aliphatic carbocycles. The maximum Gasteiger partial charge on any atom is 0.169 e. The Balaban J connectivity index is 1.90. The Labute approximate surface area is 89.8 Å². The summed E-state index contributed by atoms with van der Waals surface area (Å²) in [6, 6.07) is 0.603. The monoisotopic (exact) mass is 206 g/mol. The molecule has 0 aliphatic heterocycles. The van der Waals surface area contributed by atoms with Crippen molar-refractivity contribution in [2.45, 2.75) is 56.9 Å². The molecule has 0 amide bonds. The Hall–Kier alpha value is -1.06. The zero-order valence-electron chi connectivity index (χ0n) is 9.02. The summed E-state index contributed by atoms with van der Waals surface area (Å²) in [5.74, 6) is 1.29. The van der Waals surface area contributed by atoms with Crippen molar-refractivity contribution in [1.29, 1.82) is 0 Å². The van der Waals surface area contributed by atoms with Crippen LogP contribution in [0.5, 0.6) is 0 Å². The second-order valence-electron chi connectivity index (χ2n) is 4.87. The van der Waals surface area contributed by atoms with Gasteiger partial charge in [-0.25, -0.2) is 4.68 Å². The van der Waals surface area contributed by atoms with Crippen molar-refractivity contribution >= 4 is 5.82 Å². The topological polar surface area (TPSA) is 56.7 Å². The number of nitrogens with two attached hydrogens (primary N) is 1. The molecule has 1 heterocycles. The fourth-order valence-corrected chi connectivity index (χ4v) is 2.67. The second-order valence-corrected chi connectivity index (χ2v) is 4.87. The maximum atomic E-state index is 5.94. The maximum absolute atomic E-state index is 5.94. The molecule has 0 saturated heterocycles. The van der Waals surface area contributed by atoms with Crippen molar-refractivity contribution in [3.8, 4) is 0 Å². The van der Waals surface area contributed by atoms with E-state index in [1.54, 1.807) is 0 Å². The fourth-order valence-electron chi connectivity index (χ4n) is 2.67. The standard InChI is InChI=1S/C11H18N4/c12-11-10(8-4-2-1-3-5-8)15(14-13-11)9-6-7-9/h8-9H,1-7,12H2. The van der Waals surface area contributed by atoms with E-state index in [0.717, 1.165) is 0 Å². The van der Waals surface area contributed by atoms with Gasteiger partial charge in [0.1, 0.15) is 0 Å². The highest BCUT2D eigenvalue weighted by atomic mass is 15.5. The third-order valence-corrected chi connectivity index (χ3v) is 3.64. The van der Waals surface area contributed by atoms with Gasteiger partial charge in [0.15, 0.2) is 5.82 Å². The molecule has 1 aromatic rings. The van der Waals surface area contributed by atoms with Crippen molar-refractivity contribution in [2.24, 2.45) is 0 Å². The van der Waals surface area contributed by atoms with E-state index >= 15 is 0 Å². The number of rotatable bonds is 2. The van der Waals surface area contributed by atoms with Crippen LogP contribution in [0.2, 0.25) is 0 Å². The lowest BCUT2D eigenvalue weighted by Crippen LogP contribution is -2.12. The van der Waals surface area contributed by atoms with Gasteiger partial charge < -0.3 is 5.73 Å². The molecule has 0 spiro atoms. The molecule has 2 saturated carbocycles. The summed E-state index contributed by atoms with van der Waals surface area (Å²) >= 11 is 0. The van der Waals surface area contributed by atoms with Gasteiger partial charge in [0.05, 0.1) is 11.7 Å². The number of aromatic nitrogens is 3. The zero-order chi connectivity index (χ0) is 10.3. The van der Waals surface area contributed by atoms with E-state index in [1.807, 2.05) is 0 Å². The molecular formula is C11H18N4. The van der Waals surface area contributed by atoms with E-state index in [1.165, 1.54) is 50.6 Å². The molecule has 82 valence electrons. The van der Waals surface area contributed by atoms with Crippen LogP contribution >= 0.6 is 0 Å². The molecule has 3 rings (SSSR count). The molecule has 4 nitrogen and oxygen atoms in total. The Bertz CT molecular complexity index is 347. The molecule has 2 aliphatic rings. The highest BCUT2D eigenvalue weighted by molar-refractivity contribution is 5.36. The molecule has 0 radical (unpaired) electrons. The molecule has 15 heavy (non-hydrogen) atoms. The quantitative estimate of drug-likeness (QED) is 0.807. The second kappa shape index (κ2) is 3.51. The van der Waals surface area contributed by atoms with Crippen molar-refractivity contribution in [3.05, 3.63) is 5.69 Å². The van der Waals surface area contributed by atoms with Gasteiger partial charge in [-0.1, -0.05) is 24.5 Å². The first-order chi connectivity index (χ1) is 7.36. The number of nitrogens with zero attached hydrogens (tertiary/aromatic N) is 3. The van der Waals surface area contributed by atoms with Crippen LogP contribution < -0.4 is 5.73 Å². The fraction of sp³-hybridized carbons (Fsp3) is 0.818. The number of anilines is 1. The average molecular weight is 206 g/mol. The van der Waals surface area contributed by atoms with Gasteiger partial charge >= 0.3 is 0 Å². The van der Waals surface area contributed by atoms with E-state index in [-0.39, 0.29) is 0 Å². The summed E-state index contributed by atoms with van der Waals surface area (Å²) in [4.78, 5) is 0. The van der Waals surface area contributed by atoms with Crippen LogP contribution in [0.3, 0.4) is 0 Å². The third kappa shape index (κ3) is 1.62. The van der Waals surface area contributed by atoms with Crippen LogP contribution in [0.1, 0.15) is 62.6 Å². The molecule has 1 aromatic heterocycles. The molecule has 0 aromatic carbocycles. The zero-order valence-corrected chi connectivity index (χ0v) is 9.02. The van der Waals surface area contributed by atoms with Gasteiger partial charge in [0, 0.05) is 5.92 Å². The molecular weight excluding hydrogens is 188 g/mol. The number of nitrogen functional groups attached to an aromatic ring is 1. The van der Waals surface area contributed by atoms with E-state index in [2.05, 4.69) is 15.0 Å². The third-order valence-electron chi connectivity index (χ3n) is 3.64. The summed E-state index contributed by atoms with van der Waals surface area (Å²) in [6.45, 7) is 0. The minimum absolute atomic E-state index is 0.603. The summed E-state index contributed by atoms with van der Waals surface area (Å²) in [7, 11) is 0. The highest BCUT2D eigenvalue weighted by Gasteiger charge is 2.31. The largest absolute Gasteiger partial charge is 0.381 e. The predicted octanol–water partition coefficient (Wildman–Crippen LogP) is 2.24. The average Bonchev–Trinajstić information content (AvgIpc) is 3.04. The number of hydrogen-bond acceptors (Lipinski definition) is 3. The summed E-state index contributed by atoms with van der Waals surface area (Å²) in [6.07, 6.45) is 9.08. The van der Waals surface area contributed by atoms with Crippen molar-refractivity contribution in [2.75, 3.05) is 5.73 Å². The minimum Gasteiger partial charge on any atom is -0.381 e. The van der Waals surface area contributed by atoms with Crippen LogP contribution in [-0.4, -0.2) is 15.0 Å². The van der Waals surface area contributed by atoms with E-state index in [9.17, 15) is 0 Å². The first kappa shape index (κ1) is 9.19. The number of hydrogen-bond donors (Lipinski definition) is 1. The van der Waals surface area contributed by atoms with Crippen LogP contribution in [0.15, 0.2) is 0 Å². The van der Waals surface area contributed by atoms with Crippen LogP contribution in [-0.2, 0) is 0 Å². The van der Waals surface area contributed by atoms with Gasteiger partial charge in [-0.3, -0.25) is 0 Å². The summed E-state index contributed by atoms with van der Waals surface area (Å²) in [5.41, 5.74) is 7.18. The Morgan fingerprint density at radius 2 is 1.80 bits per heavy atom. The first-order valence-electron chi connectivity index (χ1n) is 6.07. The SMILES string of the molecule is Nc1nnn(C2CC2)c1C1CCCCC1. The van der Waals surface area contributed by atoms with Crippen molar-refractivity contribution < 1.29 is 0 Å². The van der Waals surface area contributed by atoms with E-state index < -0.39 is 0 Å². The van der Waals surface area contributed by atoms with Gasteiger partial charge in [0.2, 0.25) is 0 Å². The molecule has 0 atom stereocenters. The van der Waals surface area contributed by atoms with Crippen LogP contribution in [0.4, 0.5) is 5.82 Å². The predicted molar refractivity (Wildman–Crippen MR) is 58.5 cm³/mol. The van der Waals surface area contributed by atoms with Gasteiger partial charge in [-0.2, -0.15) is 0 Å². The minimum atomic E-state index is 0.603. The van der Waals surface area contributed by atoms with Crippen LogP contribution in [0.25, 0.3) is 0 Å². The van der Waals surface area contributed by atoms with E-state index in [4.69, 9.17) is 5.73 Å². The molecule has 2 N–H and O–H groups in total. The lowest BCUT2D eigenvalue weighted by Gasteiger charge is -2.22. The summed E-state index contributed by atoms with van der Waals surface area (Å²) in [5, 5.41) is 8.24. The summed E-state index contributed by atoms with van der Waals surface area (Å²) < 4.78 is 2.10. The highest BCUT2D eigenvalue weighted by Crippen LogP contribution is 2.41. The van der Waals surface area contributed by atoms with Gasteiger partial charge in [-0.05, 0) is 25.7 Å². The Kier molecular flexibility index (Phi) is 2.15. The Morgan fingerprint density at radius 1 is 1.07 bits per heavy atom. The van der Waals surface area contributed by atoms with E-state index in [0.29, 0.717) is 17.8 Å². The lowest BCUT2D eigenvalue weighted by molar-refractivity contribution is 0.415. The normalized spacial score (nSPS) is 23.2. The van der Waals surface area contributed by atoms with Gasteiger partial charge in [-0.15, -0.1) is 5.10 Å². The lowest BCUT2D eigenvalue weighted by atomic mass is 9.87. The molecule has 4 heteroatoms. The molecule has 0 unspecified atom stereocenters. The molecule has 2 fully saturated rings. The van der Waals surface area contributed by atoms with Crippen LogP contribution in [0, 0.1) is 0 Å². The smallest absolute Gasteiger partial charge is 0.169 e. The Morgan fingerprint density at radius 3 is 2.47 bits per heavy atom. The first-order valence-corrected chi connectivity index (χ1v) is 6.07. The van der Waals surface area contributed by atoms with Crippen molar-refractivity contribution in [3.63, 3.8) is 0 Å². The van der Waals surface area contributed by atoms with Gasteiger partial charge in [0.25, 0.3) is 0 Å². The molecule has 0 bridgehead atoms. The van der Waals surface area contributed by atoms with Crippen molar-refractivity contribution in [1.82, 2.24) is 15.0 Å².